The molecule has 5 aromatic carbocycles. The van der Waals surface area contributed by atoms with Crippen LogP contribution in [0.5, 0.6) is 0 Å². The van der Waals surface area contributed by atoms with Crippen molar-refractivity contribution in [2.45, 2.75) is 24.5 Å². The van der Waals surface area contributed by atoms with E-state index in [2.05, 4.69) is 5.32 Å². The molecule has 0 unspecified atom stereocenters. The van der Waals surface area contributed by atoms with Crippen molar-refractivity contribution in [3.05, 3.63) is 183 Å². The van der Waals surface area contributed by atoms with Gasteiger partial charge in [0.05, 0.1) is 22.2 Å². The number of aromatic nitrogens is 1. The molecule has 7 rings (SSSR count). The molecule has 1 amide bonds. The van der Waals surface area contributed by atoms with Crippen molar-refractivity contribution in [2.75, 3.05) is 11.9 Å². The Morgan fingerprint density at radius 1 is 0.667 bits per heavy atom. The van der Waals surface area contributed by atoms with E-state index in [0.29, 0.717) is 5.69 Å². The van der Waals surface area contributed by atoms with E-state index in [0.717, 1.165) is 0 Å². The third-order valence-corrected chi connectivity index (χ3v) is 8.96. The second-order valence-electron chi connectivity index (χ2n) is 12.3. The van der Waals surface area contributed by atoms with Crippen LogP contribution in [0.3, 0.4) is 0 Å². The molecular formula is C42H31ClN2O9. The van der Waals surface area contributed by atoms with Crippen LogP contribution in [-0.2, 0) is 18.9 Å². The van der Waals surface area contributed by atoms with Crippen molar-refractivity contribution < 1.29 is 38.1 Å². The smallest absolute Gasteiger partial charge is 0.338 e. The Bertz CT molecular complexity index is 2370. The largest absolute Gasteiger partial charge is 0.459 e. The molecule has 0 aliphatic carbocycles. The first-order valence-corrected chi connectivity index (χ1v) is 17.2. The van der Waals surface area contributed by atoms with Crippen LogP contribution in [0.25, 0.3) is 10.9 Å². The van der Waals surface area contributed by atoms with Gasteiger partial charge in [-0.2, -0.15) is 0 Å². The van der Waals surface area contributed by atoms with Crippen molar-refractivity contribution >= 4 is 52.0 Å². The third kappa shape index (κ3) is 7.77. The summed E-state index contributed by atoms with van der Waals surface area (Å²) in [5, 5.41) is 3.03. The van der Waals surface area contributed by atoms with E-state index in [9.17, 15) is 24.0 Å². The maximum atomic E-state index is 13.9. The molecule has 1 aromatic heterocycles. The van der Waals surface area contributed by atoms with Gasteiger partial charge in [0.2, 0.25) is 5.43 Å². The lowest BCUT2D eigenvalue weighted by Gasteiger charge is -2.26. The molecule has 270 valence electrons. The number of para-hydroxylation sites is 1. The second kappa shape index (κ2) is 16.0. The molecule has 4 atom stereocenters. The van der Waals surface area contributed by atoms with Crippen LogP contribution in [0.15, 0.2) is 151 Å². The van der Waals surface area contributed by atoms with Crippen molar-refractivity contribution in [1.82, 2.24) is 4.57 Å². The molecule has 12 heteroatoms. The standard InChI is InChI=1S/C42H31ClN2O9/c43-29-21-22-33-31(23-29)35(46)32(38(47)44-30-19-11-4-12-20-30)24-45(33)39-37(54-42(50)28-17-9-3-10-18-28)36(53-41(49)27-15-7-2-8-16-27)34(52-39)25-51-40(48)26-13-5-1-6-14-26/h1-24,34,36-37,39H,25H2,(H,44,47)/t34-,36-,37-,39-/m1/s1. The van der Waals surface area contributed by atoms with Gasteiger partial charge in [-0.15, -0.1) is 0 Å². The summed E-state index contributed by atoms with van der Waals surface area (Å²) in [7, 11) is 0. The SMILES string of the molecule is O=C(OC[C@H]1O[C@@H](n2cc(C(=O)Nc3ccccc3)c(=O)c3cc(Cl)ccc32)[C@H](OC(=O)c2ccccc2)[C@@H]1OC(=O)c1ccccc1)c1ccccc1. The van der Waals surface area contributed by atoms with Crippen LogP contribution in [0.2, 0.25) is 5.02 Å². The molecule has 11 nitrogen and oxygen atoms in total. The first kappa shape index (κ1) is 35.8. The lowest BCUT2D eigenvalue weighted by Crippen LogP contribution is -2.41. The fourth-order valence-electron chi connectivity index (χ4n) is 6.10. The highest BCUT2D eigenvalue weighted by Gasteiger charge is 2.51. The van der Waals surface area contributed by atoms with E-state index in [1.807, 2.05) is 0 Å². The van der Waals surface area contributed by atoms with Gasteiger partial charge in [0, 0.05) is 22.3 Å². The molecule has 6 aromatic rings. The minimum atomic E-state index is -1.41. The molecule has 2 heterocycles. The Labute approximate surface area is 313 Å². The highest BCUT2D eigenvalue weighted by atomic mass is 35.5. The van der Waals surface area contributed by atoms with Gasteiger partial charge < -0.3 is 28.8 Å². The number of carbonyl (C=O) groups excluding carboxylic acids is 4. The quantitative estimate of drug-likeness (QED) is 0.115. The highest BCUT2D eigenvalue weighted by Crippen LogP contribution is 2.37. The summed E-state index contributed by atoms with van der Waals surface area (Å²) in [6.45, 7) is -0.429. The van der Waals surface area contributed by atoms with E-state index in [4.69, 9.17) is 30.5 Å². The van der Waals surface area contributed by atoms with Gasteiger partial charge in [0.15, 0.2) is 18.4 Å². The van der Waals surface area contributed by atoms with Crippen LogP contribution in [0, 0.1) is 0 Å². The van der Waals surface area contributed by atoms with Crippen LogP contribution in [0.1, 0.15) is 47.7 Å². The van der Waals surface area contributed by atoms with Crippen LogP contribution in [-0.4, -0.2) is 53.3 Å². The number of nitrogens with one attached hydrogen (secondary N) is 1. The van der Waals surface area contributed by atoms with Crippen LogP contribution >= 0.6 is 11.6 Å². The zero-order valence-corrected chi connectivity index (χ0v) is 29.1. The lowest BCUT2D eigenvalue weighted by molar-refractivity contribution is -0.0605. The number of carbonyl (C=O) groups is 4. The predicted octanol–water partition coefficient (Wildman–Crippen LogP) is 7.11. The molecule has 0 spiro atoms. The Morgan fingerprint density at radius 2 is 1.19 bits per heavy atom. The normalized spacial score (nSPS) is 17.7. The zero-order valence-electron chi connectivity index (χ0n) is 28.4. The first-order valence-electron chi connectivity index (χ1n) is 16.9. The van der Waals surface area contributed by atoms with Crippen LogP contribution < -0.4 is 10.7 Å². The molecule has 1 N–H and O–H groups in total. The monoisotopic (exact) mass is 742 g/mol. The summed E-state index contributed by atoms with van der Waals surface area (Å²) in [5.41, 5.74) is 0.492. The van der Waals surface area contributed by atoms with Crippen molar-refractivity contribution in [3.63, 3.8) is 0 Å². The number of halogens is 1. The fourth-order valence-corrected chi connectivity index (χ4v) is 6.27. The molecule has 0 saturated carbocycles. The van der Waals surface area contributed by atoms with Gasteiger partial charge in [-0.1, -0.05) is 84.4 Å². The van der Waals surface area contributed by atoms with Gasteiger partial charge in [-0.3, -0.25) is 9.59 Å². The van der Waals surface area contributed by atoms with Crippen molar-refractivity contribution in [3.8, 4) is 0 Å². The summed E-state index contributed by atoms with van der Waals surface area (Å²) in [5.74, 6) is -2.92. The summed E-state index contributed by atoms with van der Waals surface area (Å²) >= 11 is 6.36. The number of ether oxygens (including phenoxy) is 4. The minimum absolute atomic E-state index is 0.0664. The van der Waals surface area contributed by atoms with Crippen molar-refractivity contribution in [2.24, 2.45) is 0 Å². The maximum Gasteiger partial charge on any atom is 0.338 e. The number of rotatable bonds is 10. The average Bonchev–Trinajstić information content (AvgIpc) is 3.53. The number of esters is 3. The first-order chi connectivity index (χ1) is 26.3. The number of benzene rings is 5. The van der Waals surface area contributed by atoms with Gasteiger partial charge in [-0.05, 0) is 66.7 Å². The van der Waals surface area contributed by atoms with Crippen molar-refractivity contribution in [1.29, 1.82) is 0 Å². The zero-order chi connectivity index (χ0) is 37.6. The van der Waals surface area contributed by atoms with E-state index in [-0.39, 0.29) is 38.2 Å². The number of pyridine rings is 1. The lowest BCUT2D eigenvalue weighted by atomic mass is 10.1. The molecule has 1 aliphatic heterocycles. The van der Waals surface area contributed by atoms with E-state index in [1.54, 1.807) is 133 Å². The Kier molecular flexibility index (Phi) is 10.6. The van der Waals surface area contributed by atoms with E-state index in [1.165, 1.54) is 16.8 Å². The molecular weight excluding hydrogens is 712 g/mol. The topological polar surface area (TPSA) is 139 Å². The highest BCUT2D eigenvalue weighted by molar-refractivity contribution is 6.31. The summed E-state index contributed by atoms with van der Waals surface area (Å²) in [4.78, 5) is 68.0. The molecule has 1 saturated heterocycles. The Balaban J connectivity index is 1.34. The number of anilines is 1. The summed E-state index contributed by atoms with van der Waals surface area (Å²) < 4.78 is 25.8. The number of hydrogen-bond donors (Lipinski definition) is 1. The van der Waals surface area contributed by atoms with Gasteiger partial charge >= 0.3 is 17.9 Å². The Hall–Kier alpha value is -6.56. The maximum absolute atomic E-state index is 13.9. The van der Waals surface area contributed by atoms with Gasteiger partial charge in [-0.25, -0.2) is 14.4 Å². The number of amides is 1. The summed E-state index contributed by atoms with van der Waals surface area (Å²) in [6.07, 6.45) is -4.01. The summed E-state index contributed by atoms with van der Waals surface area (Å²) in [6, 6.07) is 37.7. The average molecular weight is 743 g/mol. The van der Waals surface area contributed by atoms with E-state index >= 15 is 0 Å². The number of nitrogens with zero attached hydrogens (tertiary/aromatic N) is 1. The van der Waals surface area contributed by atoms with Gasteiger partial charge in [0.25, 0.3) is 5.91 Å². The molecule has 0 radical (unpaired) electrons. The van der Waals surface area contributed by atoms with Gasteiger partial charge in [0.1, 0.15) is 18.3 Å². The molecule has 0 bridgehead atoms. The van der Waals surface area contributed by atoms with Crippen LogP contribution in [0.4, 0.5) is 5.69 Å². The molecule has 1 fully saturated rings. The molecule has 54 heavy (non-hydrogen) atoms. The molecule has 1 aliphatic rings. The minimum Gasteiger partial charge on any atom is -0.459 e. The predicted molar refractivity (Wildman–Crippen MR) is 200 cm³/mol. The fraction of sp³-hybridized carbons (Fsp3) is 0.119. The second-order valence-corrected chi connectivity index (χ2v) is 12.7. The third-order valence-electron chi connectivity index (χ3n) is 8.72. The van der Waals surface area contributed by atoms with E-state index < -0.39 is 60.4 Å². The number of fused-ring (bicyclic) bond motifs is 1. The Morgan fingerprint density at radius 3 is 1.76 bits per heavy atom. The number of hydrogen-bond acceptors (Lipinski definition) is 9.